The van der Waals surface area contributed by atoms with Gasteiger partial charge in [-0.15, -0.1) is 0 Å². The Morgan fingerprint density at radius 3 is 2.89 bits per heavy atom. The lowest BCUT2D eigenvalue weighted by Gasteiger charge is -2.19. The fourth-order valence-corrected chi connectivity index (χ4v) is 2.70. The average molecular weight is 255 g/mol. The Morgan fingerprint density at radius 1 is 1.16 bits per heavy atom. The highest BCUT2D eigenvalue weighted by Gasteiger charge is 2.26. The summed E-state index contributed by atoms with van der Waals surface area (Å²) in [6.45, 7) is 4.50. The fourth-order valence-electron chi connectivity index (χ4n) is 2.70. The van der Waals surface area contributed by atoms with Gasteiger partial charge in [-0.1, -0.05) is 24.3 Å². The van der Waals surface area contributed by atoms with Crippen molar-refractivity contribution in [2.45, 2.75) is 13.5 Å². The van der Waals surface area contributed by atoms with Crippen LogP contribution in [0.1, 0.15) is 11.1 Å². The predicted octanol–water partition coefficient (Wildman–Crippen LogP) is 2.49. The molecule has 0 fully saturated rings. The minimum Gasteiger partial charge on any atom is -0.373 e. The molecule has 0 atom stereocenters. The van der Waals surface area contributed by atoms with E-state index in [9.17, 15) is 0 Å². The molecule has 3 rings (SSSR count). The molecule has 0 spiro atoms. The number of nitrogens with zero attached hydrogens (tertiary/aromatic N) is 2. The third kappa shape index (κ3) is 2.22. The minimum absolute atomic E-state index is 0.698. The zero-order valence-corrected chi connectivity index (χ0v) is 11.5. The number of aryl methyl sites for hydroxylation is 2. The van der Waals surface area contributed by atoms with Gasteiger partial charge in [-0.05, 0) is 18.6 Å². The van der Waals surface area contributed by atoms with Gasteiger partial charge in [0.2, 0.25) is 0 Å². The topological polar surface area (TPSA) is 16.4 Å². The standard InChI is InChI=1S/C16H19N2O/c1-13-6-5-7-14-12-19-11-10-18(16(13)14)15-8-3-4-9-17(15)2/h3-9H,10-12H2,1-2H3/q+1. The molecule has 0 saturated carbocycles. The van der Waals surface area contributed by atoms with E-state index in [4.69, 9.17) is 4.74 Å². The van der Waals surface area contributed by atoms with Crippen molar-refractivity contribution in [3.63, 3.8) is 0 Å². The number of para-hydroxylation sites is 1. The van der Waals surface area contributed by atoms with Crippen LogP contribution in [0.15, 0.2) is 42.6 Å². The highest BCUT2D eigenvalue weighted by molar-refractivity contribution is 5.66. The van der Waals surface area contributed by atoms with E-state index in [0.717, 1.165) is 13.2 Å². The molecule has 2 heterocycles. The average Bonchev–Trinajstić information content (AvgIpc) is 2.63. The van der Waals surface area contributed by atoms with Crippen molar-refractivity contribution in [1.82, 2.24) is 0 Å². The van der Waals surface area contributed by atoms with Crippen molar-refractivity contribution < 1.29 is 9.30 Å². The number of ether oxygens (including phenoxy) is 1. The minimum atomic E-state index is 0.698. The monoisotopic (exact) mass is 255 g/mol. The van der Waals surface area contributed by atoms with Gasteiger partial charge < -0.3 is 4.74 Å². The highest BCUT2D eigenvalue weighted by atomic mass is 16.5. The Bertz CT molecular complexity index is 595. The van der Waals surface area contributed by atoms with E-state index in [1.807, 2.05) is 0 Å². The number of hydrogen-bond acceptors (Lipinski definition) is 2. The SMILES string of the molecule is Cc1cccc2c1N(c1cccc[n+]1C)CCOC2. The van der Waals surface area contributed by atoms with Crippen molar-refractivity contribution in [3.05, 3.63) is 53.7 Å². The third-order valence-electron chi connectivity index (χ3n) is 3.61. The first-order valence-corrected chi connectivity index (χ1v) is 6.66. The number of hydrogen-bond donors (Lipinski definition) is 0. The van der Waals surface area contributed by atoms with Crippen LogP contribution in [0.2, 0.25) is 0 Å². The summed E-state index contributed by atoms with van der Waals surface area (Å²) in [5.41, 5.74) is 3.86. The quantitative estimate of drug-likeness (QED) is 0.728. The van der Waals surface area contributed by atoms with E-state index in [0.29, 0.717) is 6.61 Å². The van der Waals surface area contributed by atoms with Gasteiger partial charge in [-0.25, -0.2) is 9.47 Å². The molecule has 1 aliphatic rings. The normalized spacial score (nSPS) is 14.9. The molecule has 3 heteroatoms. The molecule has 0 bridgehead atoms. The first kappa shape index (κ1) is 12.2. The lowest BCUT2D eigenvalue weighted by molar-refractivity contribution is -0.658. The van der Waals surface area contributed by atoms with Gasteiger partial charge in [-0.3, -0.25) is 0 Å². The van der Waals surface area contributed by atoms with E-state index >= 15 is 0 Å². The fraction of sp³-hybridized carbons (Fsp3) is 0.312. The molecule has 0 radical (unpaired) electrons. The second kappa shape index (κ2) is 5.02. The van der Waals surface area contributed by atoms with E-state index in [2.05, 4.69) is 66.0 Å². The summed E-state index contributed by atoms with van der Waals surface area (Å²) >= 11 is 0. The smallest absolute Gasteiger partial charge is 0.281 e. The molecule has 2 aromatic rings. The molecule has 0 amide bonds. The molecule has 3 nitrogen and oxygen atoms in total. The van der Waals surface area contributed by atoms with E-state index in [1.165, 1.54) is 22.6 Å². The Labute approximate surface area is 114 Å². The van der Waals surface area contributed by atoms with E-state index < -0.39 is 0 Å². The summed E-state index contributed by atoms with van der Waals surface area (Å²) in [5.74, 6) is 1.20. The van der Waals surface area contributed by atoms with Crippen molar-refractivity contribution in [1.29, 1.82) is 0 Å². The molecule has 1 aliphatic heterocycles. The van der Waals surface area contributed by atoms with Gasteiger partial charge in [0.15, 0.2) is 0 Å². The molecular weight excluding hydrogens is 236 g/mol. The second-order valence-electron chi connectivity index (χ2n) is 4.96. The van der Waals surface area contributed by atoms with Crippen LogP contribution in [0.4, 0.5) is 11.5 Å². The van der Waals surface area contributed by atoms with Crippen LogP contribution in [-0.2, 0) is 18.4 Å². The zero-order valence-electron chi connectivity index (χ0n) is 11.5. The maximum Gasteiger partial charge on any atom is 0.281 e. The van der Waals surface area contributed by atoms with E-state index in [-0.39, 0.29) is 0 Å². The largest absolute Gasteiger partial charge is 0.373 e. The summed E-state index contributed by atoms with van der Waals surface area (Å²) in [4.78, 5) is 2.36. The molecule has 1 aromatic carbocycles. The lowest BCUT2D eigenvalue weighted by Crippen LogP contribution is -2.37. The Balaban J connectivity index is 2.16. The van der Waals surface area contributed by atoms with Crippen molar-refractivity contribution in [3.8, 4) is 0 Å². The predicted molar refractivity (Wildman–Crippen MR) is 75.5 cm³/mol. The number of pyridine rings is 1. The maximum absolute atomic E-state index is 5.72. The van der Waals surface area contributed by atoms with Gasteiger partial charge in [-0.2, -0.15) is 0 Å². The number of fused-ring (bicyclic) bond motifs is 1. The number of aromatic nitrogens is 1. The van der Waals surface area contributed by atoms with Crippen LogP contribution in [0.3, 0.4) is 0 Å². The molecule has 0 N–H and O–H groups in total. The molecular formula is C16H19N2O+. The molecule has 0 unspecified atom stereocenters. The van der Waals surface area contributed by atoms with Gasteiger partial charge >= 0.3 is 0 Å². The Hall–Kier alpha value is -1.87. The van der Waals surface area contributed by atoms with Gasteiger partial charge in [0.25, 0.3) is 5.82 Å². The van der Waals surface area contributed by atoms with Gasteiger partial charge in [0.1, 0.15) is 12.2 Å². The van der Waals surface area contributed by atoms with Crippen LogP contribution in [0.5, 0.6) is 0 Å². The zero-order chi connectivity index (χ0) is 13.2. The maximum atomic E-state index is 5.72. The first-order valence-electron chi connectivity index (χ1n) is 6.66. The highest BCUT2D eigenvalue weighted by Crippen LogP contribution is 2.32. The van der Waals surface area contributed by atoms with Crippen LogP contribution in [0.25, 0.3) is 0 Å². The lowest BCUT2D eigenvalue weighted by atomic mass is 10.1. The van der Waals surface area contributed by atoms with Crippen molar-refractivity contribution in [2.75, 3.05) is 18.1 Å². The molecule has 1 aromatic heterocycles. The Morgan fingerprint density at radius 2 is 2.05 bits per heavy atom. The third-order valence-corrected chi connectivity index (χ3v) is 3.61. The second-order valence-corrected chi connectivity index (χ2v) is 4.96. The molecule has 19 heavy (non-hydrogen) atoms. The van der Waals surface area contributed by atoms with Crippen molar-refractivity contribution >= 4 is 11.5 Å². The summed E-state index contributed by atoms with van der Waals surface area (Å²) < 4.78 is 7.87. The summed E-state index contributed by atoms with van der Waals surface area (Å²) in [6.07, 6.45) is 2.08. The number of rotatable bonds is 1. The number of benzene rings is 1. The van der Waals surface area contributed by atoms with Crippen LogP contribution >= 0.6 is 0 Å². The van der Waals surface area contributed by atoms with Crippen LogP contribution < -0.4 is 9.47 Å². The number of anilines is 2. The summed E-state index contributed by atoms with van der Waals surface area (Å²) in [5, 5.41) is 0. The molecule has 98 valence electrons. The van der Waals surface area contributed by atoms with Gasteiger partial charge in [0.05, 0.1) is 26.5 Å². The summed E-state index contributed by atoms with van der Waals surface area (Å²) in [7, 11) is 2.08. The van der Waals surface area contributed by atoms with Gasteiger partial charge in [0, 0.05) is 11.6 Å². The van der Waals surface area contributed by atoms with E-state index in [1.54, 1.807) is 0 Å². The Kier molecular flexibility index (Phi) is 3.22. The van der Waals surface area contributed by atoms with Crippen LogP contribution in [-0.4, -0.2) is 13.2 Å². The molecule has 0 saturated heterocycles. The first-order chi connectivity index (χ1) is 9.27. The molecule has 0 aliphatic carbocycles. The summed E-state index contributed by atoms with van der Waals surface area (Å²) in [6, 6.07) is 12.7. The van der Waals surface area contributed by atoms with Crippen molar-refractivity contribution in [2.24, 2.45) is 7.05 Å². The van der Waals surface area contributed by atoms with Crippen LogP contribution in [0, 0.1) is 6.92 Å².